The molecule has 1 N–H and O–H groups in total. The van der Waals surface area contributed by atoms with Gasteiger partial charge in [0.05, 0.1) is 33.0 Å². The van der Waals surface area contributed by atoms with Crippen molar-refractivity contribution in [1.29, 1.82) is 0 Å². The van der Waals surface area contributed by atoms with Crippen LogP contribution in [-0.4, -0.2) is 49.3 Å². The summed E-state index contributed by atoms with van der Waals surface area (Å²) in [5.41, 5.74) is 0.571. The summed E-state index contributed by atoms with van der Waals surface area (Å²) < 4.78 is 16.2. The van der Waals surface area contributed by atoms with Crippen LogP contribution in [-0.2, 0) is 0 Å². The molecule has 1 aromatic heterocycles. The van der Waals surface area contributed by atoms with Crippen LogP contribution < -0.4 is 19.5 Å². The van der Waals surface area contributed by atoms with E-state index in [0.29, 0.717) is 35.5 Å². The molecule has 0 radical (unpaired) electrons. The van der Waals surface area contributed by atoms with Crippen LogP contribution in [0.1, 0.15) is 0 Å². The summed E-state index contributed by atoms with van der Waals surface area (Å²) in [7, 11) is 3.09. The van der Waals surface area contributed by atoms with E-state index < -0.39 is 0 Å². The number of ether oxygens (including phenoxy) is 3. The maximum atomic E-state index is 12.3. The molecule has 2 heterocycles. The van der Waals surface area contributed by atoms with Crippen molar-refractivity contribution in [2.75, 3.05) is 32.6 Å². The van der Waals surface area contributed by atoms with Gasteiger partial charge in [-0.3, -0.25) is 0 Å². The average Bonchev–Trinajstić information content (AvgIpc) is 3.03. The SMILES string of the molecule is COc1cccc(NC(=O)N2CC(Oc3nccs3)C2)c1OC. The number of anilines is 1. The number of hydrogen-bond donors (Lipinski definition) is 1. The van der Waals surface area contributed by atoms with Gasteiger partial charge in [0.2, 0.25) is 0 Å². The molecule has 0 unspecified atom stereocenters. The highest BCUT2D eigenvalue weighted by Crippen LogP contribution is 2.35. The topological polar surface area (TPSA) is 72.9 Å². The molecule has 23 heavy (non-hydrogen) atoms. The predicted octanol–water partition coefficient (Wildman–Crippen LogP) is 2.46. The molecule has 1 fully saturated rings. The fourth-order valence-corrected chi connectivity index (χ4v) is 2.82. The van der Waals surface area contributed by atoms with Gasteiger partial charge in [-0.1, -0.05) is 17.4 Å². The highest BCUT2D eigenvalue weighted by Gasteiger charge is 2.33. The van der Waals surface area contributed by atoms with Crippen molar-refractivity contribution < 1.29 is 19.0 Å². The summed E-state index contributed by atoms with van der Waals surface area (Å²) in [6, 6.07) is 5.13. The second kappa shape index (κ2) is 6.74. The number of aromatic nitrogens is 1. The molecular weight excluding hydrogens is 318 g/mol. The molecule has 0 aliphatic carbocycles. The number of nitrogens with zero attached hydrogens (tertiary/aromatic N) is 2. The van der Waals surface area contributed by atoms with Gasteiger partial charge in [-0.25, -0.2) is 9.78 Å². The van der Waals surface area contributed by atoms with Gasteiger partial charge >= 0.3 is 6.03 Å². The maximum Gasteiger partial charge on any atom is 0.322 e. The first-order valence-electron chi connectivity index (χ1n) is 7.04. The Labute approximate surface area is 137 Å². The summed E-state index contributed by atoms with van der Waals surface area (Å²) in [5.74, 6) is 1.07. The summed E-state index contributed by atoms with van der Waals surface area (Å²) in [4.78, 5) is 18.0. The van der Waals surface area contributed by atoms with E-state index in [1.165, 1.54) is 18.4 Å². The zero-order valence-electron chi connectivity index (χ0n) is 12.8. The number of amides is 2. The number of urea groups is 1. The number of hydrogen-bond acceptors (Lipinski definition) is 6. The summed E-state index contributed by atoms with van der Waals surface area (Å²) in [5, 5.41) is 5.31. The Hall–Kier alpha value is -2.48. The predicted molar refractivity (Wildman–Crippen MR) is 86.7 cm³/mol. The molecule has 7 nitrogen and oxygen atoms in total. The van der Waals surface area contributed by atoms with E-state index in [4.69, 9.17) is 14.2 Å². The first-order valence-corrected chi connectivity index (χ1v) is 7.92. The molecule has 0 spiro atoms. The molecule has 1 aliphatic rings. The van der Waals surface area contributed by atoms with E-state index in [2.05, 4.69) is 10.3 Å². The van der Waals surface area contributed by atoms with Crippen molar-refractivity contribution in [2.45, 2.75) is 6.10 Å². The lowest BCUT2D eigenvalue weighted by atomic mass is 10.2. The summed E-state index contributed by atoms with van der Waals surface area (Å²) in [6.45, 7) is 1.05. The number of carbonyl (C=O) groups is 1. The van der Waals surface area contributed by atoms with Gasteiger partial charge in [0, 0.05) is 11.6 Å². The second-order valence-corrected chi connectivity index (χ2v) is 5.77. The maximum absolute atomic E-state index is 12.3. The van der Waals surface area contributed by atoms with Gasteiger partial charge in [0.1, 0.15) is 6.10 Å². The Kier molecular flexibility index (Phi) is 4.52. The first kappa shape index (κ1) is 15.4. The highest BCUT2D eigenvalue weighted by atomic mass is 32.1. The van der Waals surface area contributed by atoms with Crippen LogP contribution in [0.5, 0.6) is 16.7 Å². The van der Waals surface area contributed by atoms with Crippen molar-refractivity contribution in [3.8, 4) is 16.7 Å². The van der Waals surface area contributed by atoms with Crippen LogP contribution >= 0.6 is 11.3 Å². The lowest BCUT2D eigenvalue weighted by molar-refractivity contribution is 0.0491. The molecule has 1 aromatic carbocycles. The van der Waals surface area contributed by atoms with E-state index >= 15 is 0 Å². The standard InChI is InChI=1S/C15H17N3O4S/c1-20-12-5-3-4-11(13(12)21-2)17-14(19)18-8-10(9-18)22-15-16-6-7-23-15/h3-7,10H,8-9H2,1-2H3,(H,17,19). The van der Waals surface area contributed by atoms with Gasteiger partial charge < -0.3 is 24.4 Å². The molecule has 0 saturated carbocycles. The molecule has 2 aromatic rings. The van der Waals surface area contributed by atoms with Crippen LogP contribution in [0.15, 0.2) is 29.8 Å². The Bertz CT molecular complexity index is 671. The number of nitrogens with one attached hydrogen (secondary N) is 1. The van der Waals surface area contributed by atoms with E-state index in [0.717, 1.165) is 0 Å². The van der Waals surface area contributed by atoms with Crippen molar-refractivity contribution in [3.63, 3.8) is 0 Å². The second-order valence-electron chi connectivity index (χ2n) is 4.91. The van der Waals surface area contributed by atoms with Gasteiger partial charge in [-0.15, -0.1) is 0 Å². The largest absolute Gasteiger partial charge is 0.493 e. The molecule has 3 rings (SSSR count). The molecule has 2 amide bonds. The van der Waals surface area contributed by atoms with Gasteiger partial charge in [0.25, 0.3) is 5.19 Å². The van der Waals surface area contributed by atoms with E-state index in [1.54, 1.807) is 36.4 Å². The quantitative estimate of drug-likeness (QED) is 0.909. The van der Waals surface area contributed by atoms with Crippen LogP contribution in [0.2, 0.25) is 0 Å². The van der Waals surface area contributed by atoms with Crippen molar-refractivity contribution in [3.05, 3.63) is 29.8 Å². The van der Waals surface area contributed by atoms with Crippen LogP contribution in [0.3, 0.4) is 0 Å². The lowest BCUT2D eigenvalue weighted by Gasteiger charge is -2.38. The fourth-order valence-electron chi connectivity index (χ4n) is 2.27. The Balaban J connectivity index is 1.57. The fraction of sp³-hybridized carbons (Fsp3) is 0.333. The monoisotopic (exact) mass is 335 g/mol. The van der Waals surface area contributed by atoms with E-state index in [-0.39, 0.29) is 12.1 Å². The van der Waals surface area contributed by atoms with Crippen molar-refractivity contribution >= 4 is 23.1 Å². The minimum absolute atomic E-state index is 0.0147. The van der Waals surface area contributed by atoms with Crippen LogP contribution in [0.25, 0.3) is 0 Å². The highest BCUT2D eigenvalue weighted by molar-refractivity contribution is 7.11. The third-order valence-electron chi connectivity index (χ3n) is 3.46. The molecule has 122 valence electrons. The number of thiazole rings is 1. The number of para-hydroxylation sites is 1. The zero-order valence-corrected chi connectivity index (χ0v) is 13.6. The average molecular weight is 335 g/mol. The minimum atomic E-state index is -0.199. The normalized spacial score (nSPS) is 14.1. The molecule has 1 saturated heterocycles. The van der Waals surface area contributed by atoms with Gasteiger partial charge in [-0.2, -0.15) is 0 Å². The smallest absolute Gasteiger partial charge is 0.322 e. The third kappa shape index (κ3) is 3.31. The van der Waals surface area contributed by atoms with E-state index in [9.17, 15) is 4.79 Å². The number of likely N-dealkylation sites (tertiary alicyclic amines) is 1. The third-order valence-corrected chi connectivity index (χ3v) is 4.12. The molecule has 1 aliphatic heterocycles. The Morgan fingerprint density at radius 3 is 2.83 bits per heavy atom. The number of rotatable bonds is 5. The number of carbonyl (C=O) groups excluding carboxylic acids is 1. The van der Waals surface area contributed by atoms with Crippen molar-refractivity contribution in [2.24, 2.45) is 0 Å². The first-order chi connectivity index (χ1) is 11.2. The molecule has 0 bridgehead atoms. The van der Waals surface area contributed by atoms with Crippen molar-refractivity contribution in [1.82, 2.24) is 9.88 Å². The lowest BCUT2D eigenvalue weighted by Crippen LogP contribution is -2.57. The minimum Gasteiger partial charge on any atom is -0.493 e. The van der Waals surface area contributed by atoms with E-state index in [1.807, 2.05) is 5.38 Å². The van der Waals surface area contributed by atoms with Gasteiger partial charge in [-0.05, 0) is 12.1 Å². The molecule has 8 heteroatoms. The van der Waals surface area contributed by atoms with Gasteiger partial charge in [0.15, 0.2) is 11.5 Å². The Morgan fingerprint density at radius 1 is 1.35 bits per heavy atom. The molecular formula is C15H17N3O4S. The number of benzene rings is 1. The van der Waals surface area contributed by atoms with Crippen LogP contribution in [0.4, 0.5) is 10.5 Å². The number of methoxy groups -OCH3 is 2. The van der Waals surface area contributed by atoms with Crippen LogP contribution in [0, 0.1) is 0 Å². The summed E-state index contributed by atoms with van der Waals surface area (Å²) >= 11 is 1.44. The Morgan fingerprint density at radius 2 is 2.17 bits per heavy atom. The molecule has 0 atom stereocenters. The summed E-state index contributed by atoms with van der Waals surface area (Å²) in [6.07, 6.45) is 1.68. The zero-order chi connectivity index (χ0) is 16.2.